The number of nitrogens with zero attached hydrogens (tertiary/aromatic N) is 2. The highest BCUT2D eigenvalue weighted by Crippen LogP contribution is 2.33. The van der Waals surface area contributed by atoms with Crippen molar-refractivity contribution in [3.8, 4) is 11.3 Å². The molecule has 0 aliphatic carbocycles. The van der Waals surface area contributed by atoms with Crippen LogP contribution in [0.1, 0.15) is 46.9 Å². The molecule has 0 saturated heterocycles. The van der Waals surface area contributed by atoms with Crippen molar-refractivity contribution in [1.82, 2.24) is 9.78 Å². The van der Waals surface area contributed by atoms with E-state index in [0.29, 0.717) is 16.8 Å². The van der Waals surface area contributed by atoms with Crippen LogP contribution in [0.15, 0.2) is 42.5 Å². The number of primary amides is 1. The quantitative estimate of drug-likeness (QED) is 0.509. The second-order valence-corrected chi connectivity index (χ2v) is 7.96. The molecule has 174 valence electrons. The Morgan fingerprint density at radius 2 is 1.76 bits per heavy atom. The fourth-order valence-corrected chi connectivity index (χ4v) is 3.46. The van der Waals surface area contributed by atoms with Gasteiger partial charge in [-0.05, 0) is 44.0 Å². The molecule has 0 spiro atoms. The molecule has 0 bridgehead atoms. The molecule has 33 heavy (non-hydrogen) atoms. The SMILES string of the molecule is Cc1ccc(NC(=O)Cc2ccc(-c3nn(C(C)C)c(N)c3C(N)=O)cc2)cc1C(F)(F)F. The Balaban J connectivity index is 1.78. The summed E-state index contributed by atoms with van der Waals surface area (Å²) in [5, 5.41) is 6.89. The Bertz CT molecular complexity index is 1200. The molecular formula is C23H24F3N5O2. The Labute approximate surface area is 188 Å². The maximum Gasteiger partial charge on any atom is 0.416 e. The highest BCUT2D eigenvalue weighted by Gasteiger charge is 2.32. The van der Waals surface area contributed by atoms with Gasteiger partial charge in [0.25, 0.3) is 5.91 Å². The maximum atomic E-state index is 13.1. The normalized spacial score (nSPS) is 11.6. The smallest absolute Gasteiger partial charge is 0.383 e. The van der Waals surface area contributed by atoms with E-state index in [1.165, 1.54) is 23.7 Å². The summed E-state index contributed by atoms with van der Waals surface area (Å²) < 4.78 is 40.8. The molecule has 2 amide bonds. The summed E-state index contributed by atoms with van der Waals surface area (Å²) in [5.74, 6) is -0.993. The molecule has 3 aromatic rings. The molecule has 0 saturated carbocycles. The van der Waals surface area contributed by atoms with Gasteiger partial charge in [-0.25, -0.2) is 4.68 Å². The van der Waals surface area contributed by atoms with Gasteiger partial charge in [0, 0.05) is 17.3 Å². The molecule has 7 nitrogen and oxygen atoms in total. The number of carbonyl (C=O) groups is 2. The number of anilines is 2. The van der Waals surface area contributed by atoms with Gasteiger partial charge >= 0.3 is 6.18 Å². The molecule has 1 heterocycles. The van der Waals surface area contributed by atoms with Gasteiger partial charge in [-0.2, -0.15) is 18.3 Å². The molecular weight excluding hydrogens is 435 g/mol. The number of alkyl halides is 3. The van der Waals surface area contributed by atoms with E-state index in [0.717, 1.165) is 6.07 Å². The number of aryl methyl sites for hydroxylation is 1. The molecule has 2 aromatic carbocycles. The van der Waals surface area contributed by atoms with Crippen LogP contribution < -0.4 is 16.8 Å². The molecule has 0 fully saturated rings. The van der Waals surface area contributed by atoms with Gasteiger partial charge in [-0.1, -0.05) is 30.3 Å². The number of halogens is 3. The van der Waals surface area contributed by atoms with E-state index in [4.69, 9.17) is 11.5 Å². The number of amides is 2. The minimum absolute atomic E-state index is 0.0548. The highest BCUT2D eigenvalue weighted by molar-refractivity contribution is 6.03. The van der Waals surface area contributed by atoms with Crippen molar-refractivity contribution in [1.29, 1.82) is 0 Å². The standard InChI is InChI=1S/C23H24F3N5O2/c1-12(2)31-21(27)19(22(28)33)20(30-31)15-7-5-14(6-8-15)10-18(32)29-16-9-4-13(3)17(11-16)23(24,25)26/h4-9,11-12H,10,27H2,1-3H3,(H2,28,33)(H,29,32). The molecule has 10 heteroatoms. The third kappa shape index (κ3) is 5.16. The minimum Gasteiger partial charge on any atom is -0.383 e. The zero-order valence-electron chi connectivity index (χ0n) is 18.3. The number of benzene rings is 2. The van der Waals surface area contributed by atoms with E-state index in [2.05, 4.69) is 10.4 Å². The zero-order valence-corrected chi connectivity index (χ0v) is 18.3. The van der Waals surface area contributed by atoms with Crippen molar-refractivity contribution in [2.24, 2.45) is 5.73 Å². The van der Waals surface area contributed by atoms with Gasteiger partial charge in [-0.3, -0.25) is 9.59 Å². The van der Waals surface area contributed by atoms with Gasteiger partial charge in [-0.15, -0.1) is 0 Å². The lowest BCUT2D eigenvalue weighted by molar-refractivity contribution is -0.138. The van der Waals surface area contributed by atoms with Crippen molar-refractivity contribution in [2.75, 3.05) is 11.1 Å². The number of nitrogens with one attached hydrogen (secondary N) is 1. The first-order valence-corrected chi connectivity index (χ1v) is 10.1. The predicted octanol–water partition coefficient (Wildman–Crippen LogP) is 4.32. The third-order valence-electron chi connectivity index (χ3n) is 5.10. The van der Waals surface area contributed by atoms with Crippen molar-refractivity contribution < 1.29 is 22.8 Å². The van der Waals surface area contributed by atoms with Crippen LogP contribution in [0.2, 0.25) is 0 Å². The maximum absolute atomic E-state index is 13.1. The van der Waals surface area contributed by atoms with Gasteiger partial charge < -0.3 is 16.8 Å². The number of rotatable bonds is 6. The Morgan fingerprint density at radius 1 is 1.12 bits per heavy atom. The summed E-state index contributed by atoms with van der Waals surface area (Å²) in [6.07, 6.45) is -4.56. The van der Waals surface area contributed by atoms with Crippen LogP contribution in [-0.4, -0.2) is 21.6 Å². The number of aromatic nitrogens is 2. The lowest BCUT2D eigenvalue weighted by Gasteiger charge is -2.13. The van der Waals surface area contributed by atoms with Gasteiger partial charge in [0.05, 0.1) is 12.0 Å². The van der Waals surface area contributed by atoms with Gasteiger partial charge in [0.2, 0.25) is 5.91 Å². The topological polar surface area (TPSA) is 116 Å². The summed E-state index contributed by atoms with van der Waals surface area (Å²) in [4.78, 5) is 24.3. The molecule has 0 radical (unpaired) electrons. The minimum atomic E-state index is -4.50. The first kappa shape index (κ1) is 23.8. The summed E-state index contributed by atoms with van der Waals surface area (Å²) in [6, 6.07) is 10.2. The van der Waals surface area contributed by atoms with Crippen LogP contribution in [0.4, 0.5) is 24.7 Å². The number of nitrogen functional groups attached to an aromatic ring is 1. The first-order chi connectivity index (χ1) is 15.4. The van der Waals surface area contributed by atoms with Crippen LogP contribution in [0.5, 0.6) is 0 Å². The first-order valence-electron chi connectivity index (χ1n) is 10.1. The van der Waals surface area contributed by atoms with Crippen LogP contribution in [-0.2, 0) is 17.4 Å². The molecule has 0 aliphatic heterocycles. The second-order valence-electron chi connectivity index (χ2n) is 7.96. The predicted molar refractivity (Wildman–Crippen MR) is 119 cm³/mol. The average molecular weight is 459 g/mol. The third-order valence-corrected chi connectivity index (χ3v) is 5.10. The average Bonchev–Trinajstić information content (AvgIpc) is 3.07. The summed E-state index contributed by atoms with van der Waals surface area (Å²) in [6.45, 7) is 5.09. The monoisotopic (exact) mass is 459 g/mol. The Kier molecular flexibility index (Phi) is 6.48. The van der Waals surface area contributed by atoms with Crippen LogP contribution >= 0.6 is 0 Å². The zero-order chi connectivity index (χ0) is 24.5. The van der Waals surface area contributed by atoms with Crippen LogP contribution in [0, 0.1) is 6.92 Å². The second kappa shape index (κ2) is 8.97. The summed E-state index contributed by atoms with van der Waals surface area (Å²) >= 11 is 0. The van der Waals surface area contributed by atoms with E-state index in [-0.39, 0.29) is 35.1 Å². The molecule has 3 rings (SSSR count). The number of hydrogen-bond donors (Lipinski definition) is 3. The Morgan fingerprint density at radius 3 is 2.30 bits per heavy atom. The largest absolute Gasteiger partial charge is 0.416 e. The van der Waals surface area contributed by atoms with E-state index >= 15 is 0 Å². The van der Waals surface area contributed by atoms with Gasteiger partial charge in [0.15, 0.2) is 0 Å². The van der Waals surface area contributed by atoms with E-state index < -0.39 is 23.6 Å². The molecule has 0 unspecified atom stereocenters. The van der Waals surface area contributed by atoms with Crippen LogP contribution in [0.3, 0.4) is 0 Å². The van der Waals surface area contributed by atoms with Crippen LogP contribution in [0.25, 0.3) is 11.3 Å². The molecule has 1 aromatic heterocycles. The Hall–Kier alpha value is -3.82. The lowest BCUT2D eigenvalue weighted by atomic mass is 10.0. The summed E-state index contributed by atoms with van der Waals surface area (Å²) in [7, 11) is 0. The molecule has 0 atom stereocenters. The number of carbonyl (C=O) groups excluding carboxylic acids is 2. The van der Waals surface area contributed by atoms with E-state index in [9.17, 15) is 22.8 Å². The molecule has 0 aliphatic rings. The van der Waals surface area contributed by atoms with Crippen molar-refractivity contribution in [2.45, 2.75) is 39.4 Å². The number of hydrogen-bond acceptors (Lipinski definition) is 4. The fourth-order valence-electron chi connectivity index (χ4n) is 3.46. The highest BCUT2D eigenvalue weighted by atomic mass is 19.4. The molecule has 5 N–H and O–H groups in total. The lowest BCUT2D eigenvalue weighted by Crippen LogP contribution is -2.16. The van der Waals surface area contributed by atoms with Crippen molar-refractivity contribution in [3.63, 3.8) is 0 Å². The van der Waals surface area contributed by atoms with Crippen molar-refractivity contribution >= 4 is 23.3 Å². The fraction of sp³-hybridized carbons (Fsp3) is 0.261. The van der Waals surface area contributed by atoms with Gasteiger partial charge in [0.1, 0.15) is 17.1 Å². The van der Waals surface area contributed by atoms with Crippen molar-refractivity contribution in [3.05, 3.63) is 64.7 Å². The van der Waals surface area contributed by atoms with E-state index in [1.54, 1.807) is 24.3 Å². The van der Waals surface area contributed by atoms with E-state index in [1.807, 2.05) is 13.8 Å². The number of nitrogens with two attached hydrogens (primary N) is 2. The summed E-state index contributed by atoms with van der Waals surface area (Å²) in [5.41, 5.74) is 12.5.